The Labute approximate surface area is 303 Å². The highest BCUT2D eigenvalue weighted by Crippen LogP contribution is 2.33. The van der Waals surface area contributed by atoms with Crippen LogP contribution in [0.1, 0.15) is 50.1 Å². The Hall–Kier alpha value is -6.16. The largest absolute Gasteiger partial charge is 0.443 e. The van der Waals surface area contributed by atoms with Crippen molar-refractivity contribution in [2.75, 3.05) is 11.9 Å². The zero-order chi connectivity index (χ0) is 36.4. The Bertz CT molecular complexity index is 2260. The van der Waals surface area contributed by atoms with Crippen molar-refractivity contribution in [2.24, 2.45) is 0 Å². The molecule has 52 heavy (non-hydrogen) atoms. The second-order valence-corrected chi connectivity index (χ2v) is 14.0. The summed E-state index contributed by atoms with van der Waals surface area (Å²) in [5.74, 6) is 0.635. The minimum atomic E-state index is -0.598. The number of aryl methyl sites for hydroxylation is 2. The lowest BCUT2D eigenvalue weighted by atomic mass is 9.96. The fourth-order valence-electron chi connectivity index (χ4n) is 6.33. The molecule has 0 bridgehead atoms. The summed E-state index contributed by atoms with van der Waals surface area (Å²) in [6, 6.07) is 26.0. The molecule has 0 saturated carbocycles. The van der Waals surface area contributed by atoms with Crippen LogP contribution in [0.5, 0.6) is 0 Å². The number of rotatable bonds is 6. The number of carbonyl (C=O) groups excluding carboxylic acids is 2. The molecule has 0 aliphatic carbocycles. The van der Waals surface area contributed by atoms with Crippen LogP contribution < -0.4 is 5.32 Å². The molecule has 262 valence electrons. The number of aromatic nitrogens is 5. The third-order valence-electron chi connectivity index (χ3n) is 9.02. The lowest BCUT2D eigenvalue weighted by Crippen LogP contribution is -2.39. The van der Waals surface area contributed by atoms with E-state index in [-0.39, 0.29) is 6.03 Å². The van der Waals surface area contributed by atoms with Crippen molar-refractivity contribution in [1.29, 1.82) is 0 Å². The topological polar surface area (TPSA) is 115 Å². The zero-order valence-electron chi connectivity index (χ0n) is 30.1. The Kier molecular flexibility index (Phi) is 9.38. The summed E-state index contributed by atoms with van der Waals surface area (Å²) in [7, 11) is 0. The molecule has 2 amide bonds. The van der Waals surface area contributed by atoms with Gasteiger partial charge in [-0.15, -0.1) is 0 Å². The number of hydrogen-bond acceptors (Lipinski definition) is 7. The van der Waals surface area contributed by atoms with Crippen molar-refractivity contribution in [3.63, 3.8) is 0 Å². The van der Waals surface area contributed by atoms with Crippen LogP contribution in [0, 0.1) is 6.92 Å². The van der Waals surface area contributed by atoms with E-state index in [9.17, 15) is 9.59 Å². The number of imidazole rings is 1. The molecule has 4 heterocycles. The van der Waals surface area contributed by atoms with Gasteiger partial charge in [0.2, 0.25) is 0 Å². The zero-order valence-corrected chi connectivity index (χ0v) is 30.1. The van der Waals surface area contributed by atoms with E-state index in [2.05, 4.69) is 47.3 Å². The summed E-state index contributed by atoms with van der Waals surface area (Å²) in [5, 5.41) is 3.18. The van der Waals surface area contributed by atoms with Crippen molar-refractivity contribution in [2.45, 2.75) is 59.6 Å². The molecule has 0 saturated heterocycles. The van der Waals surface area contributed by atoms with Gasteiger partial charge in [0.05, 0.1) is 23.6 Å². The Morgan fingerprint density at radius 3 is 2.42 bits per heavy atom. The molecular formula is C42H41N7O3. The lowest BCUT2D eigenvalue weighted by molar-refractivity contribution is 0.0536. The number of anilines is 1. The number of nitrogens with one attached hydrogen (secondary N) is 1. The maximum atomic E-state index is 13.9. The third kappa shape index (κ3) is 7.46. The van der Waals surface area contributed by atoms with E-state index in [0.717, 1.165) is 68.0 Å². The first-order valence-electron chi connectivity index (χ1n) is 17.5. The summed E-state index contributed by atoms with van der Waals surface area (Å²) < 4.78 is 6.81. The second kappa shape index (κ2) is 14.2. The van der Waals surface area contributed by atoms with Crippen LogP contribution in [0.4, 0.5) is 15.3 Å². The summed E-state index contributed by atoms with van der Waals surface area (Å²) >= 11 is 0. The number of carbonyl (C=O) groups is 2. The van der Waals surface area contributed by atoms with Crippen LogP contribution in [0.15, 0.2) is 104 Å². The second-order valence-electron chi connectivity index (χ2n) is 14.0. The smallest absolute Gasteiger partial charge is 0.419 e. The van der Waals surface area contributed by atoms with E-state index in [0.29, 0.717) is 31.0 Å². The molecule has 0 atom stereocenters. The molecule has 3 aromatic carbocycles. The molecule has 0 unspecified atom stereocenters. The van der Waals surface area contributed by atoms with E-state index in [1.807, 2.05) is 86.3 Å². The van der Waals surface area contributed by atoms with E-state index in [1.165, 1.54) is 10.9 Å². The summed E-state index contributed by atoms with van der Waals surface area (Å²) in [4.78, 5) is 46.9. The van der Waals surface area contributed by atoms with Gasteiger partial charge in [0.1, 0.15) is 11.9 Å². The number of nitrogens with zero attached hydrogens (tertiary/aromatic N) is 6. The van der Waals surface area contributed by atoms with Gasteiger partial charge in [0.25, 0.3) is 0 Å². The number of urea groups is 1. The van der Waals surface area contributed by atoms with Crippen LogP contribution in [0.3, 0.4) is 0 Å². The molecule has 6 aromatic rings. The highest BCUT2D eigenvalue weighted by atomic mass is 16.6. The summed E-state index contributed by atoms with van der Waals surface area (Å²) in [5.41, 5.74) is 10.5. The minimum Gasteiger partial charge on any atom is -0.443 e. The van der Waals surface area contributed by atoms with Crippen molar-refractivity contribution in [1.82, 2.24) is 29.4 Å². The third-order valence-corrected chi connectivity index (χ3v) is 9.02. The number of amides is 2. The maximum absolute atomic E-state index is 13.9. The van der Waals surface area contributed by atoms with E-state index < -0.39 is 11.7 Å². The highest BCUT2D eigenvalue weighted by Gasteiger charge is 2.27. The summed E-state index contributed by atoms with van der Waals surface area (Å²) in [6.07, 6.45) is 7.60. The number of pyridine rings is 1. The highest BCUT2D eigenvalue weighted by molar-refractivity contribution is 5.91. The van der Waals surface area contributed by atoms with E-state index >= 15 is 0 Å². The van der Waals surface area contributed by atoms with Gasteiger partial charge in [-0.3, -0.25) is 4.98 Å². The molecule has 0 fully saturated rings. The monoisotopic (exact) mass is 691 g/mol. The molecule has 1 aliphatic heterocycles. The van der Waals surface area contributed by atoms with Crippen LogP contribution in [0.2, 0.25) is 0 Å². The van der Waals surface area contributed by atoms with Crippen molar-refractivity contribution in [3.8, 4) is 45.0 Å². The molecule has 0 spiro atoms. The molecule has 1 N–H and O–H groups in total. The molecule has 10 heteroatoms. The van der Waals surface area contributed by atoms with Crippen molar-refractivity contribution < 1.29 is 14.3 Å². The number of hydrogen-bond donors (Lipinski definition) is 1. The number of fused-ring (bicyclic) bond motifs is 1. The quantitative estimate of drug-likeness (QED) is 0.185. The van der Waals surface area contributed by atoms with Gasteiger partial charge in [-0.1, -0.05) is 61.5 Å². The number of ether oxygens (including phenoxy) is 1. The average Bonchev–Trinajstić information content (AvgIpc) is 3.65. The normalized spacial score (nSPS) is 12.7. The molecule has 1 aliphatic rings. The predicted molar refractivity (Wildman–Crippen MR) is 203 cm³/mol. The minimum absolute atomic E-state index is 0.173. The first kappa shape index (κ1) is 34.3. The Morgan fingerprint density at radius 1 is 0.904 bits per heavy atom. The van der Waals surface area contributed by atoms with Gasteiger partial charge < -0.3 is 15.0 Å². The van der Waals surface area contributed by atoms with E-state index in [1.54, 1.807) is 18.6 Å². The van der Waals surface area contributed by atoms with Crippen molar-refractivity contribution in [3.05, 3.63) is 126 Å². The van der Waals surface area contributed by atoms with Crippen LogP contribution in [-0.2, 0) is 24.1 Å². The first-order valence-corrected chi connectivity index (χ1v) is 17.5. The summed E-state index contributed by atoms with van der Waals surface area (Å²) in [6.45, 7) is 10.6. The van der Waals surface area contributed by atoms with Gasteiger partial charge >= 0.3 is 12.1 Å². The Balaban J connectivity index is 1.11. The van der Waals surface area contributed by atoms with Gasteiger partial charge in [0, 0.05) is 59.5 Å². The number of benzene rings is 3. The fourth-order valence-corrected chi connectivity index (χ4v) is 6.33. The molecular weight excluding hydrogens is 651 g/mol. The molecule has 7 rings (SSSR count). The SMILES string of the molecule is CCc1cc(NC(=O)N2CCc3nc(-c4cccnc4)nc(-c4ccccc4C)c3C2)cc(-c2ccc(-c3cn(C(=O)OC(C)(C)C)cn3)cc2)c1. The molecule has 3 aromatic heterocycles. The van der Waals surface area contributed by atoms with Crippen molar-refractivity contribution >= 4 is 17.8 Å². The van der Waals surface area contributed by atoms with E-state index in [4.69, 9.17) is 14.7 Å². The lowest BCUT2D eigenvalue weighted by Gasteiger charge is -2.30. The van der Waals surface area contributed by atoms with Crippen LogP contribution in [-0.4, -0.2) is 53.7 Å². The molecule has 0 radical (unpaired) electrons. The van der Waals surface area contributed by atoms with Gasteiger partial charge in [-0.05, 0) is 80.6 Å². The van der Waals surface area contributed by atoms with Crippen LogP contribution in [0.25, 0.3) is 45.0 Å². The first-order chi connectivity index (χ1) is 25.0. The predicted octanol–water partition coefficient (Wildman–Crippen LogP) is 8.98. The van der Waals surface area contributed by atoms with Crippen LogP contribution >= 0.6 is 0 Å². The standard InChI is InChI=1S/C42H41N7O3/c1-6-28-20-32(29-13-15-30(16-14-29)37-25-49(26-44-37)41(51)52-42(3,4)5)22-33(21-28)45-40(50)48-19-17-36-35(24-48)38(34-12-8-7-10-27(34)2)47-39(46-36)31-11-9-18-43-23-31/h7-16,18,20-23,25-26H,6,17,19,24H2,1-5H3,(H,45,50). The maximum Gasteiger partial charge on any atom is 0.419 e. The Morgan fingerprint density at radius 2 is 1.69 bits per heavy atom. The van der Waals surface area contributed by atoms with Gasteiger partial charge in [0.15, 0.2) is 5.82 Å². The van der Waals surface area contributed by atoms with Gasteiger partial charge in [-0.2, -0.15) is 0 Å². The van der Waals surface area contributed by atoms with Gasteiger partial charge in [-0.25, -0.2) is 29.1 Å². The fraction of sp³-hybridized carbons (Fsp3) is 0.238. The molecule has 10 nitrogen and oxygen atoms in total. The average molecular weight is 692 g/mol.